The number of para-hydroxylation sites is 3. The number of anilines is 3. The van der Waals surface area contributed by atoms with Gasteiger partial charge >= 0.3 is 36.3 Å². The Morgan fingerprint density at radius 1 is 0.920 bits per heavy atom. The summed E-state index contributed by atoms with van der Waals surface area (Å²) in [6.07, 6.45) is 1.76. The fourth-order valence-corrected chi connectivity index (χ4v) is 3.26. The van der Waals surface area contributed by atoms with Gasteiger partial charge in [-0.05, 0) is 37.4 Å². The minimum absolute atomic E-state index is 0.677. The van der Waals surface area contributed by atoms with Crippen LogP contribution in [0.5, 0.6) is 0 Å². The SMILES string of the molecule is CN1[CH-]N(c2cccc3c2oc2ncccc23)c2ccccc21.[Ag][I]. The molecule has 1 aliphatic heterocycles. The van der Waals surface area contributed by atoms with E-state index in [1.165, 1.54) is 5.69 Å². The Hall–Kier alpha value is -1.54. The first-order valence-corrected chi connectivity index (χ1v) is 12.1. The fraction of sp³-hybridized carbons (Fsp3) is 0.0526. The first kappa shape index (κ1) is 16.9. The predicted octanol–water partition coefficient (Wildman–Crippen LogP) is 5.57. The first-order chi connectivity index (χ1) is 12.3. The van der Waals surface area contributed by atoms with E-state index >= 15 is 0 Å². The zero-order chi connectivity index (χ0) is 17.4. The van der Waals surface area contributed by atoms with Gasteiger partial charge < -0.3 is 14.2 Å². The van der Waals surface area contributed by atoms with Crippen LogP contribution in [-0.4, -0.2) is 12.0 Å². The topological polar surface area (TPSA) is 32.5 Å². The number of nitrogens with zero attached hydrogens (tertiary/aromatic N) is 3. The van der Waals surface area contributed by atoms with Gasteiger partial charge in [-0.15, -0.1) is 6.67 Å². The van der Waals surface area contributed by atoms with Gasteiger partial charge in [0.05, 0.1) is 5.69 Å². The van der Waals surface area contributed by atoms with Crippen LogP contribution in [0.3, 0.4) is 0 Å². The van der Waals surface area contributed by atoms with Gasteiger partial charge in [0.1, 0.15) is 0 Å². The number of fused-ring (bicyclic) bond motifs is 4. The van der Waals surface area contributed by atoms with Gasteiger partial charge in [0, 0.05) is 28.3 Å². The maximum atomic E-state index is 6.05. The third-order valence-electron chi connectivity index (χ3n) is 4.32. The molecular formula is C19H14AgIN3O-. The molecular weight excluding hydrogens is 521 g/mol. The van der Waals surface area contributed by atoms with Crippen molar-refractivity contribution in [3.8, 4) is 0 Å². The molecule has 0 amide bonds. The molecule has 2 aromatic heterocycles. The van der Waals surface area contributed by atoms with Crippen LogP contribution in [-0.2, 0) is 17.3 Å². The van der Waals surface area contributed by atoms with Crippen LogP contribution in [0.1, 0.15) is 0 Å². The fourth-order valence-electron chi connectivity index (χ4n) is 3.26. The number of hydrogen-bond donors (Lipinski definition) is 0. The Kier molecular flexibility index (Phi) is 4.73. The van der Waals surface area contributed by atoms with E-state index in [1.54, 1.807) is 6.20 Å². The zero-order valence-corrected chi connectivity index (χ0v) is 16.9. The van der Waals surface area contributed by atoms with Gasteiger partial charge in [0.2, 0.25) is 5.71 Å². The summed E-state index contributed by atoms with van der Waals surface area (Å²) in [7, 11) is 2.05. The van der Waals surface area contributed by atoms with Gasteiger partial charge in [-0.3, -0.25) is 0 Å². The van der Waals surface area contributed by atoms with Crippen molar-refractivity contribution in [2.75, 3.05) is 16.8 Å². The molecule has 0 unspecified atom stereocenters. The number of benzene rings is 2. The first-order valence-electron chi connectivity index (χ1n) is 7.67. The molecule has 25 heavy (non-hydrogen) atoms. The molecule has 0 bridgehead atoms. The van der Waals surface area contributed by atoms with E-state index in [1.807, 2.05) is 31.2 Å². The quantitative estimate of drug-likeness (QED) is 0.181. The molecule has 6 heteroatoms. The third kappa shape index (κ3) is 2.75. The average molecular weight is 535 g/mol. The third-order valence-corrected chi connectivity index (χ3v) is 4.32. The number of pyridine rings is 1. The van der Waals surface area contributed by atoms with Crippen molar-refractivity contribution < 1.29 is 21.7 Å². The average Bonchev–Trinajstić information content (AvgIpc) is 3.22. The second kappa shape index (κ2) is 6.99. The molecule has 2 aromatic carbocycles. The summed E-state index contributed by atoms with van der Waals surface area (Å²) in [5.74, 6) is 0. The molecule has 4 nitrogen and oxygen atoms in total. The summed E-state index contributed by atoms with van der Waals surface area (Å²) in [6.45, 7) is 2.08. The van der Waals surface area contributed by atoms with Crippen molar-refractivity contribution in [2.24, 2.45) is 0 Å². The molecule has 0 fully saturated rings. The molecule has 0 radical (unpaired) electrons. The van der Waals surface area contributed by atoms with E-state index in [9.17, 15) is 0 Å². The van der Waals surface area contributed by atoms with Crippen LogP contribution in [0.4, 0.5) is 17.1 Å². The summed E-state index contributed by atoms with van der Waals surface area (Å²) < 4.78 is 6.05. The van der Waals surface area contributed by atoms with Crippen LogP contribution in [0, 0.1) is 6.67 Å². The minimum atomic E-state index is 0.677. The maximum absolute atomic E-state index is 6.05. The second-order valence-electron chi connectivity index (χ2n) is 5.70. The number of rotatable bonds is 1. The Balaban J connectivity index is 0.000000758. The molecule has 3 heterocycles. The van der Waals surface area contributed by atoms with Crippen molar-refractivity contribution in [2.45, 2.75) is 0 Å². The van der Waals surface area contributed by atoms with Gasteiger partial charge in [0.25, 0.3) is 0 Å². The molecule has 4 aromatic rings. The summed E-state index contributed by atoms with van der Waals surface area (Å²) in [5, 5.41) is 2.14. The monoisotopic (exact) mass is 534 g/mol. The Bertz CT molecular complexity index is 1050. The standard InChI is InChI=1S/C19H14N3O.Ag.HI/c1-21-12-22(16-9-3-2-8-15(16)21)17-10-4-6-13-14-7-5-11-20-19(14)23-18(13)17;;/h2-12H,1H3;;1H/q-1;+1;/p-1. The normalized spacial score (nSPS) is 13.1. The molecule has 0 saturated carbocycles. The number of furan rings is 1. The molecule has 1 aliphatic rings. The second-order valence-corrected chi connectivity index (χ2v) is 5.70. The van der Waals surface area contributed by atoms with Crippen molar-refractivity contribution in [3.63, 3.8) is 0 Å². The number of halogens is 1. The molecule has 0 saturated heterocycles. The van der Waals surface area contributed by atoms with Crippen molar-refractivity contribution in [1.29, 1.82) is 0 Å². The van der Waals surface area contributed by atoms with E-state index in [2.05, 4.69) is 88.2 Å². The van der Waals surface area contributed by atoms with E-state index < -0.39 is 0 Å². The van der Waals surface area contributed by atoms with Gasteiger partial charge in [-0.1, -0.05) is 24.3 Å². The van der Waals surface area contributed by atoms with Crippen LogP contribution in [0.15, 0.2) is 65.2 Å². The summed E-state index contributed by atoms with van der Waals surface area (Å²) in [6, 6.07) is 18.6. The van der Waals surface area contributed by atoms with Crippen LogP contribution >= 0.6 is 19.0 Å². The van der Waals surface area contributed by atoms with E-state index in [0.717, 1.165) is 27.7 Å². The van der Waals surface area contributed by atoms with E-state index in [0.29, 0.717) is 5.71 Å². The Morgan fingerprint density at radius 2 is 1.64 bits per heavy atom. The molecule has 5 rings (SSSR count). The molecule has 0 atom stereocenters. The zero-order valence-electron chi connectivity index (χ0n) is 13.3. The van der Waals surface area contributed by atoms with Gasteiger partial charge in [-0.2, -0.15) is 0 Å². The van der Waals surface area contributed by atoms with E-state index in [-0.39, 0.29) is 0 Å². The summed E-state index contributed by atoms with van der Waals surface area (Å²) in [5.41, 5.74) is 4.89. The van der Waals surface area contributed by atoms with Crippen molar-refractivity contribution in [3.05, 3.63) is 67.5 Å². The predicted molar refractivity (Wildman–Crippen MR) is 107 cm³/mol. The van der Waals surface area contributed by atoms with Crippen molar-refractivity contribution >= 4 is 58.2 Å². The summed E-state index contributed by atoms with van der Waals surface area (Å²) in [4.78, 5) is 8.63. The van der Waals surface area contributed by atoms with Crippen LogP contribution in [0.2, 0.25) is 0 Å². The molecule has 0 spiro atoms. The Morgan fingerprint density at radius 3 is 2.48 bits per heavy atom. The number of aromatic nitrogens is 1. The van der Waals surface area contributed by atoms with Crippen LogP contribution in [0.25, 0.3) is 22.1 Å². The summed E-state index contributed by atoms with van der Waals surface area (Å²) >= 11 is 4.88. The van der Waals surface area contributed by atoms with Gasteiger partial charge in [-0.25, -0.2) is 4.98 Å². The van der Waals surface area contributed by atoms with Gasteiger partial charge in [0.15, 0.2) is 5.58 Å². The molecule has 130 valence electrons. The Labute approximate surface area is 168 Å². The number of hydrogen-bond acceptors (Lipinski definition) is 4. The van der Waals surface area contributed by atoms with E-state index in [4.69, 9.17) is 4.42 Å². The molecule has 0 aliphatic carbocycles. The molecule has 0 N–H and O–H groups in total. The van der Waals surface area contributed by atoms with Crippen molar-refractivity contribution in [1.82, 2.24) is 4.98 Å². The van der Waals surface area contributed by atoms with Crippen LogP contribution < -0.4 is 9.80 Å².